The molecule has 3 nitrogen and oxygen atoms in total. The van der Waals surface area contributed by atoms with Gasteiger partial charge >= 0.3 is 6.18 Å². The van der Waals surface area contributed by atoms with Crippen molar-refractivity contribution in [3.8, 4) is 5.88 Å². The van der Waals surface area contributed by atoms with Gasteiger partial charge in [-0.05, 0) is 31.5 Å². The van der Waals surface area contributed by atoms with Gasteiger partial charge in [0.15, 0.2) is 0 Å². The molecule has 0 bridgehead atoms. The zero-order chi connectivity index (χ0) is 13.0. The Morgan fingerprint density at radius 2 is 2.28 bits per heavy atom. The van der Waals surface area contributed by atoms with Gasteiger partial charge in [-0.25, -0.2) is 4.98 Å². The number of aromatic nitrogens is 1. The van der Waals surface area contributed by atoms with Gasteiger partial charge in [-0.2, -0.15) is 13.2 Å². The molecule has 0 radical (unpaired) electrons. The molecule has 0 spiro atoms. The molecule has 1 fully saturated rings. The number of ether oxygens (including phenoxy) is 1. The van der Waals surface area contributed by atoms with E-state index in [1.807, 2.05) is 0 Å². The van der Waals surface area contributed by atoms with Crippen molar-refractivity contribution >= 4 is 0 Å². The van der Waals surface area contributed by atoms with E-state index < -0.39 is 11.7 Å². The highest BCUT2D eigenvalue weighted by atomic mass is 19.4. The molecule has 1 aliphatic heterocycles. The minimum atomic E-state index is -4.42. The second-order valence-corrected chi connectivity index (χ2v) is 4.38. The van der Waals surface area contributed by atoms with Crippen LogP contribution in [-0.4, -0.2) is 24.7 Å². The zero-order valence-electron chi connectivity index (χ0n) is 9.83. The summed E-state index contributed by atoms with van der Waals surface area (Å²) in [7, 11) is 0. The topological polar surface area (TPSA) is 34.1 Å². The first kappa shape index (κ1) is 13.1. The molecule has 0 aromatic carbocycles. The van der Waals surface area contributed by atoms with Crippen molar-refractivity contribution in [1.29, 1.82) is 0 Å². The monoisotopic (exact) mass is 260 g/mol. The van der Waals surface area contributed by atoms with Crippen molar-refractivity contribution in [1.82, 2.24) is 10.3 Å². The van der Waals surface area contributed by atoms with Gasteiger partial charge in [0.05, 0.1) is 6.61 Å². The first-order valence-corrected chi connectivity index (χ1v) is 5.93. The number of halogens is 3. The molecule has 0 amide bonds. The van der Waals surface area contributed by atoms with Crippen LogP contribution >= 0.6 is 0 Å². The molecule has 1 aliphatic rings. The van der Waals surface area contributed by atoms with Crippen LogP contribution in [0.1, 0.15) is 18.4 Å². The second kappa shape index (κ2) is 5.56. The average Bonchev–Trinajstić information content (AvgIpc) is 2.37. The Bertz CT molecular complexity index is 389. The normalized spacial score (nSPS) is 20.7. The summed E-state index contributed by atoms with van der Waals surface area (Å²) in [6, 6.07) is 2.25. The summed E-state index contributed by atoms with van der Waals surface area (Å²) in [5.74, 6) is -0.0718. The average molecular weight is 260 g/mol. The lowest BCUT2D eigenvalue weighted by Crippen LogP contribution is -2.33. The van der Waals surface area contributed by atoms with Crippen molar-refractivity contribution < 1.29 is 17.9 Å². The Labute approximate surface area is 103 Å². The van der Waals surface area contributed by atoms with Crippen LogP contribution in [0.3, 0.4) is 0 Å². The van der Waals surface area contributed by atoms with Crippen molar-refractivity contribution in [3.05, 3.63) is 23.9 Å². The summed E-state index contributed by atoms with van der Waals surface area (Å²) < 4.78 is 43.3. The zero-order valence-corrected chi connectivity index (χ0v) is 9.83. The van der Waals surface area contributed by atoms with Crippen LogP contribution in [0.5, 0.6) is 5.88 Å². The van der Waals surface area contributed by atoms with Crippen LogP contribution in [-0.2, 0) is 6.18 Å². The lowest BCUT2D eigenvalue weighted by atomic mass is 10.0. The first-order valence-electron chi connectivity index (χ1n) is 5.93. The fourth-order valence-electron chi connectivity index (χ4n) is 1.98. The van der Waals surface area contributed by atoms with Gasteiger partial charge in [-0.15, -0.1) is 0 Å². The second-order valence-electron chi connectivity index (χ2n) is 4.38. The molecule has 1 aromatic rings. The van der Waals surface area contributed by atoms with Crippen LogP contribution in [0.4, 0.5) is 13.2 Å². The van der Waals surface area contributed by atoms with Gasteiger partial charge in [0.1, 0.15) is 5.56 Å². The molecule has 0 unspecified atom stereocenters. The number of piperidine rings is 1. The molecular formula is C12H15F3N2O. The number of nitrogens with one attached hydrogen (secondary N) is 1. The van der Waals surface area contributed by atoms with E-state index in [4.69, 9.17) is 4.74 Å². The van der Waals surface area contributed by atoms with E-state index in [1.54, 1.807) is 0 Å². The van der Waals surface area contributed by atoms with Crippen LogP contribution in [0.25, 0.3) is 0 Å². The maximum absolute atomic E-state index is 12.7. The minimum absolute atomic E-state index is 0.252. The molecule has 0 saturated carbocycles. The Balaban J connectivity index is 2.00. The molecule has 18 heavy (non-hydrogen) atoms. The molecular weight excluding hydrogens is 245 g/mol. The predicted molar refractivity (Wildman–Crippen MR) is 60.3 cm³/mol. The Morgan fingerprint density at radius 1 is 1.44 bits per heavy atom. The summed E-state index contributed by atoms with van der Waals surface area (Å²) in [6.45, 7) is 2.02. The van der Waals surface area contributed by atoms with E-state index in [-0.39, 0.29) is 18.4 Å². The molecule has 1 N–H and O–H groups in total. The molecule has 6 heteroatoms. The molecule has 2 rings (SSSR count). The third-order valence-corrected chi connectivity index (χ3v) is 2.93. The molecule has 1 aromatic heterocycles. The first-order chi connectivity index (χ1) is 8.57. The van der Waals surface area contributed by atoms with Gasteiger partial charge < -0.3 is 10.1 Å². The standard InChI is InChI=1S/C12H15F3N2O/c13-12(14,15)10-4-2-6-17-11(10)18-8-9-3-1-5-16-7-9/h2,4,6,9,16H,1,3,5,7-8H2/t9-/m1/s1. The minimum Gasteiger partial charge on any atom is -0.477 e. The third kappa shape index (κ3) is 3.35. The number of hydrogen-bond donors (Lipinski definition) is 1. The van der Waals surface area contributed by atoms with E-state index in [2.05, 4.69) is 10.3 Å². The van der Waals surface area contributed by atoms with Gasteiger partial charge in [0.2, 0.25) is 5.88 Å². The quantitative estimate of drug-likeness (QED) is 0.906. The van der Waals surface area contributed by atoms with E-state index >= 15 is 0 Å². The highest BCUT2D eigenvalue weighted by molar-refractivity contribution is 5.28. The summed E-state index contributed by atoms with van der Waals surface area (Å²) in [6.07, 6.45) is -1.11. The number of rotatable bonds is 3. The van der Waals surface area contributed by atoms with E-state index in [0.29, 0.717) is 0 Å². The number of nitrogens with zero attached hydrogens (tertiary/aromatic N) is 1. The van der Waals surface area contributed by atoms with Gasteiger partial charge in [-0.1, -0.05) is 0 Å². The van der Waals surface area contributed by atoms with Crippen molar-refractivity contribution in [2.24, 2.45) is 5.92 Å². The fourth-order valence-corrected chi connectivity index (χ4v) is 1.98. The van der Waals surface area contributed by atoms with Crippen molar-refractivity contribution in [3.63, 3.8) is 0 Å². The van der Waals surface area contributed by atoms with Gasteiger partial charge in [0.25, 0.3) is 0 Å². The highest BCUT2D eigenvalue weighted by Crippen LogP contribution is 2.34. The molecule has 1 saturated heterocycles. The summed E-state index contributed by atoms with van der Waals surface area (Å²) >= 11 is 0. The summed E-state index contributed by atoms with van der Waals surface area (Å²) in [5, 5.41) is 3.19. The molecule has 100 valence electrons. The largest absolute Gasteiger partial charge is 0.477 e. The lowest BCUT2D eigenvalue weighted by molar-refractivity contribution is -0.139. The smallest absolute Gasteiger partial charge is 0.421 e. The lowest BCUT2D eigenvalue weighted by Gasteiger charge is -2.23. The van der Waals surface area contributed by atoms with E-state index in [9.17, 15) is 13.2 Å². The van der Waals surface area contributed by atoms with Crippen LogP contribution in [0.15, 0.2) is 18.3 Å². The van der Waals surface area contributed by atoms with E-state index in [1.165, 1.54) is 12.3 Å². The molecule has 0 aliphatic carbocycles. The number of pyridine rings is 1. The van der Waals surface area contributed by atoms with E-state index in [0.717, 1.165) is 32.0 Å². The summed E-state index contributed by atoms with van der Waals surface area (Å²) in [4.78, 5) is 3.67. The summed E-state index contributed by atoms with van der Waals surface area (Å²) in [5.41, 5.74) is -0.811. The molecule has 2 heterocycles. The van der Waals surface area contributed by atoms with Crippen LogP contribution in [0, 0.1) is 5.92 Å². The van der Waals surface area contributed by atoms with Crippen molar-refractivity contribution in [2.45, 2.75) is 19.0 Å². The SMILES string of the molecule is FC(F)(F)c1cccnc1OC[C@@H]1CCCNC1. The van der Waals surface area contributed by atoms with Gasteiger partial charge in [-0.3, -0.25) is 0 Å². The Morgan fingerprint density at radius 3 is 2.94 bits per heavy atom. The number of alkyl halides is 3. The predicted octanol–water partition coefficient (Wildman–Crippen LogP) is 2.48. The Kier molecular flexibility index (Phi) is 4.06. The third-order valence-electron chi connectivity index (χ3n) is 2.93. The highest BCUT2D eigenvalue weighted by Gasteiger charge is 2.35. The maximum Gasteiger partial charge on any atom is 0.421 e. The maximum atomic E-state index is 12.7. The van der Waals surface area contributed by atoms with Gasteiger partial charge in [0, 0.05) is 18.7 Å². The van der Waals surface area contributed by atoms with Crippen molar-refractivity contribution in [2.75, 3.05) is 19.7 Å². The molecule has 1 atom stereocenters. The Hall–Kier alpha value is -1.30. The fraction of sp³-hybridized carbons (Fsp3) is 0.583. The van der Waals surface area contributed by atoms with Crippen LogP contribution < -0.4 is 10.1 Å². The number of hydrogen-bond acceptors (Lipinski definition) is 3. The van der Waals surface area contributed by atoms with Crippen LogP contribution in [0.2, 0.25) is 0 Å².